The molecule has 0 spiro atoms. The van der Waals surface area contributed by atoms with E-state index in [9.17, 15) is 0 Å². The van der Waals surface area contributed by atoms with E-state index in [2.05, 4.69) is 203 Å². The van der Waals surface area contributed by atoms with E-state index >= 15 is 0 Å². The van der Waals surface area contributed by atoms with Crippen LogP contribution < -0.4 is 0 Å². The van der Waals surface area contributed by atoms with Crippen molar-refractivity contribution < 1.29 is 4.42 Å². The Kier molecular flexibility index (Phi) is 9.26. The zero-order valence-corrected chi connectivity index (χ0v) is 40.5. The smallest absolute Gasteiger partial charge is 0.135 e. The first-order valence-corrected chi connectivity index (χ1v) is 25.5. The molecule has 0 radical (unpaired) electrons. The molecule has 0 saturated heterocycles. The van der Waals surface area contributed by atoms with Crippen LogP contribution in [0, 0.1) is 0 Å². The Hall–Kier alpha value is -8.34. The number of nitrogens with zero attached hydrogens (tertiary/aromatic N) is 2. The molecule has 0 unspecified atom stereocenters. The Bertz CT molecular complexity index is 4510. The number of para-hydroxylation sites is 2. The Balaban J connectivity index is 0.848. The highest BCUT2D eigenvalue weighted by Crippen LogP contribution is 2.45. The fourth-order valence-corrected chi connectivity index (χ4v) is 12.4. The summed E-state index contributed by atoms with van der Waals surface area (Å²) in [7, 11) is 0. The number of allylic oxidation sites excluding steroid dienone is 4. The second-order valence-corrected chi connectivity index (χ2v) is 20.2. The summed E-state index contributed by atoms with van der Waals surface area (Å²) in [5.41, 5.74) is 22.6. The molecular formula is C67H42Cl2N2O. The molecule has 15 rings (SSSR count). The lowest BCUT2D eigenvalue weighted by Crippen LogP contribution is -1.97. The number of aromatic nitrogens is 2. The van der Waals surface area contributed by atoms with Gasteiger partial charge in [-0.05, 0) is 178 Å². The second kappa shape index (κ2) is 16.1. The zero-order chi connectivity index (χ0) is 47.6. The van der Waals surface area contributed by atoms with Crippen LogP contribution in [0.4, 0.5) is 0 Å². The average Bonchev–Trinajstić information content (AvgIpc) is 4.18. The van der Waals surface area contributed by atoms with E-state index in [0.29, 0.717) is 10.0 Å². The van der Waals surface area contributed by atoms with Gasteiger partial charge in [0.2, 0.25) is 0 Å². The number of halogens is 2. The summed E-state index contributed by atoms with van der Waals surface area (Å²) in [5.74, 6) is 0. The third kappa shape index (κ3) is 6.44. The topological polar surface area (TPSA) is 23.0 Å². The quantitative estimate of drug-likeness (QED) is 0.163. The van der Waals surface area contributed by atoms with Gasteiger partial charge in [-0.25, -0.2) is 0 Å². The van der Waals surface area contributed by atoms with E-state index in [-0.39, 0.29) is 0 Å². The summed E-state index contributed by atoms with van der Waals surface area (Å²) in [6, 6.07) is 72.4. The van der Waals surface area contributed by atoms with Gasteiger partial charge in [0.15, 0.2) is 0 Å². The molecule has 0 atom stereocenters. The lowest BCUT2D eigenvalue weighted by Gasteiger charge is -2.13. The van der Waals surface area contributed by atoms with E-state index in [1.807, 2.05) is 24.3 Å². The maximum Gasteiger partial charge on any atom is 0.135 e. The van der Waals surface area contributed by atoms with Gasteiger partial charge in [0, 0.05) is 64.9 Å². The predicted molar refractivity (Wildman–Crippen MR) is 304 cm³/mol. The summed E-state index contributed by atoms with van der Waals surface area (Å²) < 4.78 is 11.0. The van der Waals surface area contributed by atoms with E-state index in [0.717, 1.165) is 113 Å². The van der Waals surface area contributed by atoms with Gasteiger partial charge in [-0.3, -0.25) is 0 Å². The summed E-state index contributed by atoms with van der Waals surface area (Å²) in [6.07, 6.45) is 9.91. The lowest BCUT2D eigenvalue weighted by atomic mass is 9.96. The SMILES string of the molecule is Clc1cc(-c2ccc3c(c2)c2cc(-c4ccc5c(c4)-c4ccccc4C5)ccc2n3-c2ccccc2)c(Cl)cc1-c1ccc2c(c1)c1cc(-c3ccc4oc5ccccc5c4c3)ccc1n2C1=CCCC=C1. The third-order valence-corrected chi connectivity index (χ3v) is 15.9. The molecule has 3 aromatic heterocycles. The zero-order valence-electron chi connectivity index (χ0n) is 39.0. The van der Waals surface area contributed by atoms with Crippen molar-refractivity contribution in [3.8, 4) is 61.3 Å². The van der Waals surface area contributed by atoms with Gasteiger partial charge in [-0.15, -0.1) is 0 Å². The van der Waals surface area contributed by atoms with Gasteiger partial charge < -0.3 is 13.6 Å². The molecule has 0 N–H and O–H groups in total. The summed E-state index contributed by atoms with van der Waals surface area (Å²) in [6.45, 7) is 0. The van der Waals surface area contributed by atoms with Gasteiger partial charge in [-0.2, -0.15) is 0 Å². The molecular weight excluding hydrogens is 920 g/mol. The minimum Gasteiger partial charge on any atom is -0.456 e. The molecule has 2 aliphatic rings. The van der Waals surface area contributed by atoms with Crippen LogP contribution >= 0.6 is 23.2 Å². The molecule has 0 saturated carbocycles. The van der Waals surface area contributed by atoms with Crippen molar-refractivity contribution in [3.63, 3.8) is 0 Å². The predicted octanol–water partition coefficient (Wildman–Crippen LogP) is 19.5. The van der Waals surface area contributed by atoms with Gasteiger partial charge in [0.05, 0.1) is 22.1 Å². The fraction of sp³-hybridized carbons (Fsp3) is 0.0448. The van der Waals surface area contributed by atoms with Crippen molar-refractivity contribution in [1.29, 1.82) is 0 Å². The number of hydrogen-bond acceptors (Lipinski definition) is 1. The fourth-order valence-electron chi connectivity index (χ4n) is 11.8. The molecule has 2 aliphatic carbocycles. The molecule has 72 heavy (non-hydrogen) atoms. The van der Waals surface area contributed by atoms with E-state index < -0.39 is 0 Å². The van der Waals surface area contributed by atoms with Crippen molar-refractivity contribution in [2.75, 3.05) is 0 Å². The number of rotatable bonds is 6. The Labute approximate surface area is 425 Å². The first-order valence-electron chi connectivity index (χ1n) is 24.7. The van der Waals surface area contributed by atoms with Crippen molar-refractivity contribution in [1.82, 2.24) is 9.13 Å². The van der Waals surface area contributed by atoms with Gasteiger partial charge in [0.1, 0.15) is 11.2 Å². The molecule has 0 fully saturated rings. The largest absolute Gasteiger partial charge is 0.456 e. The minimum atomic E-state index is 0.643. The van der Waals surface area contributed by atoms with Crippen LogP contribution in [0.3, 0.4) is 0 Å². The first kappa shape index (κ1) is 41.4. The van der Waals surface area contributed by atoms with Crippen LogP contribution in [0.2, 0.25) is 10.0 Å². The monoisotopic (exact) mass is 960 g/mol. The standard InChI is InChI=1S/C67H42Cl2N2O/c68-60-39-54(47-24-29-65-58(37-47)56-34-42(22-27-63(56)71(65)49-14-5-2-6-15-49)43-25-30-67-59(35-43)51-17-9-10-18-66(51)72-67)61(69)38-53(60)46-23-28-64-57(36-46)55-33-41(21-26-62(55)70(64)48-12-3-1-4-13-48)40-19-20-45-31-44-11-7-8-16-50(44)52(45)32-40/h1,3-5,7-30,32-39H,2,6,31H2. The first-order chi connectivity index (χ1) is 35.5. The van der Waals surface area contributed by atoms with Crippen LogP contribution in [0.15, 0.2) is 223 Å². The summed E-state index contributed by atoms with van der Waals surface area (Å²) >= 11 is 14.9. The Morgan fingerprint density at radius 3 is 1.54 bits per heavy atom. The van der Waals surface area contributed by atoms with Gasteiger partial charge in [0.25, 0.3) is 0 Å². The maximum absolute atomic E-state index is 7.43. The molecule has 10 aromatic carbocycles. The molecule has 0 aliphatic heterocycles. The number of benzene rings is 10. The molecule has 5 heteroatoms. The number of hydrogen-bond donors (Lipinski definition) is 0. The molecule has 3 heterocycles. The molecule has 0 amide bonds. The molecule has 340 valence electrons. The van der Waals surface area contributed by atoms with E-state index in [1.165, 1.54) is 49.9 Å². The highest BCUT2D eigenvalue weighted by atomic mass is 35.5. The van der Waals surface area contributed by atoms with Crippen LogP contribution in [-0.4, -0.2) is 9.13 Å². The third-order valence-electron chi connectivity index (χ3n) is 15.3. The molecule has 3 nitrogen and oxygen atoms in total. The van der Waals surface area contributed by atoms with Crippen molar-refractivity contribution in [2.24, 2.45) is 0 Å². The average molecular weight is 962 g/mol. The summed E-state index contributed by atoms with van der Waals surface area (Å²) in [5, 5.41) is 8.18. The van der Waals surface area contributed by atoms with Crippen LogP contribution in [0.5, 0.6) is 0 Å². The minimum absolute atomic E-state index is 0.643. The van der Waals surface area contributed by atoms with Gasteiger partial charge in [-0.1, -0.05) is 138 Å². The van der Waals surface area contributed by atoms with E-state index in [4.69, 9.17) is 27.6 Å². The summed E-state index contributed by atoms with van der Waals surface area (Å²) in [4.78, 5) is 0. The van der Waals surface area contributed by atoms with Crippen molar-refractivity contribution >= 4 is 94.4 Å². The Morgan fingerprint density at radius 1 is 0.361 bits per heavy atom. The van der Waals surface area contributed by atoms with Crippen LogP contribution in [0.1, 0.15) is 24.0 Å². The van der Waals surface area contributed by atoms with Crippen molar-refractivity contribution in [2.45, 2.75) is 19.3 Å². The maximum atomic E-state index is 7.43. The lowest BCUT2D eigenvalue weighted by molar-refractivity contribution is 0.669. The normalized spacial score (nSPS) is 13.3. The van der Waals surface area contributed by atoms with Crippen LogP contribution in [-0.2, 0) is 6.42 Å². The highest BCUT2D eigenvalue weighted by Gasteiger charge is 2.22. The Morgan fingerprint density at radius 2 is 0.875 bits per heavy atom. The van der Waals surface area contributed by atoms with Crippen LogP contribution in [0.25, 0.3) is 133 Å². The number of furan rings is 1. The number of fused-ring (bicyclic) bond motifs is 12. The molecule has 0 bridgehead atoms. The highest BCUT2D eigenvalue weighted by molar-refractivity contribution is 6.37. The van der Waals surface area contributed by atoms with Crippen molar-refractivity contribution in [3.05, 3.63) is 240 Å². The molecule has 13 aromatic rings. The van der Waals surface area contributed by atoms with Gasteiger partial charge >= 0.3 is 0 Å². The second-order valence-electron chi connectivity index (χ2n) is 19.4. The van der Waals surface area contributed by atoms with E-state index in [1.54, 1.807) is 0 Å².